The molecule has 1 fully saturated rings. The third kappa shape index (κ3) is 3.03. The van der Waals surface area contributed by atoms with E-state index in [1.807, 2.05) is 6.07 Å². The molecular formula is C20H25N3O2S. The second kappa shape index (κ2) is 6.50. The van der Waals surface area contributed by atoms with Gasteiger partial charge in [0.05, 0.1) is 0 Å². The predicted octanol–water partition coefficient (Wildman–Crippen LogP) is 3.06. The van der Waals surface area contributed by atoms with Gasteiger partial charge in [-0.3, -0.25) is 19.8 Å². The molecule has 3 rings (SSSR count). The number of likely N-dealkylation sites (N-methyl/N-ethyl adjacent to an activating group) is 1. The minimum Gasteiger partial charge on any atom is -0.366 e. The van der Waals surface area contributed by atoms with E-state index in [-0.39, 0.29) is 22.1 Å². The van der Waals surface area contributed by atoms with Crippen LogP contribution in [0.15, 0.2) is 23.8 Å². The van der Waals surface area contributed by atoms with Gasteiger partial charge in [0.25, 0.3) is 11.8 Å². The Balaban J connectivity index is 2.02. The second-order valence-electron chi connectivity index (χ2n) is 7.66. The first-order valence-corrected chi connectivity index (χ1v) is 9.33. The number of nitrogens with zero attached hydrogens (tertiary/aromatic N) is 2. The van der Waals surface area contributed by atoms with Crippen LogP contribution in [-0.4, -0.2) is 41.0 Å². The summed E-state index contributed by atoms with van der Waals surface area (Å²) in [6.45, 7) is 9.89. The number of hydrogen-bond acceptors (Lipinski definition) is 4. The van der Waals surface area contributed by atoms with Crippen LogP contribution in [0.25, 0.3) is 6.08 Å². The van der Waals surface area contributed by atoms with Crippen molar-refractivity contribution in [2.24, 2.45) is 0 Å². The first kappa shape index (κ1) is 18.6. The van der Waals surface area contributed by atoms with Crippen LogP contribution in [0, 0.1) is 0 Å². The zero-order valence-electron chi connectivity index (χ0n) is 15.9. The standard InChI is InChI=1S/C20H25N3O2S/c1-6-23-16-8-7-13(9-14(16)12(2)11-20(23,3)4)10-15-17(24)21-19(26)22(5)18(15)25/h7-10,12H,6,11H2,1-5H3,(H,21,24,26)/b15-10+/t12-/m1/s1. The Labute approximate surface area is 160 Å². The summed E-state index contributed by atoms with van der Waals surface area (Å²) in [5, 5.41) is 2.69. The Morgan fingerprint density at radius 3 is 2.69 bits per heavy atom. The van der Waals surface area contributed by atoms with E-state index in [0.717, 1.165) is 18.5 Å². The van der Waals surface area contributed by atoms with Crippen molar-refractivity contribution in [1.82, 2.24) is 10.2 Å². The van der Waals surface area contributed by atoms with Gasteiger partial charge in [-0.25, -0.2) is 0 Å². The van der Waals surface area contributed by atoms with Gasteiger partial charge >= 0.3 is 0 Å². The van der Waals surface area contributed by atoms with Gasteiger partial charge in [-0.15, -0.1) is 0 Å². The van der Waals surface area contributed by atoms with Gasteiger partial charge in [0, 0.05) is 24.8 Å². The largest absolute Gasteiger partial charge is 0.366 e. The van der Waals surface area contributed by atoms with Gasteiger partial charge < -0.3 is 4.90 Å². The zero-order chi connectivity index (χ0) is 19.2. The van der Waals surface area contributed by atoms with Crippen molar-refractivity contribution in [3.05, 3.63) is 34.9 Å². The Morgan fingerprint density at radius 2 is 2.04 bits per heavy atom. The van der Waals surface area contributed by atoms with Gasteiger partial charge in [0.15, 0.2) is 5.11 Å². The Hall–Kier alpha value is -2.21. The van der Waals surface area contributed by atoms with Crippen molar-refractivity contribution in [3.63, 3.8) is 0 Å². The Kier molecular flexibility index (Phi) is 4.65. The summed E-state index contributed by atoms with van der Waals surface area (Å²) in [7, 11) is 1.56. The molecule has 1 atom stereocenters. The Morgan fingerprint density at radius 1 is 1.35 bits per heavy atom. The molecule has 2 aliphatic rings. The third-order valence-corrected chi connectivity index (χ3v) is 5.72. The summed E-state index contributed by atoms with van der Waals surface area (Å²) in [6.07, 6.45) is 2.71. The average molecular weight is 372 g/mol. The summed E-state index contributed by atoms with van der Waals surface area (Å²) in [5.41, 5.74) is 3.56. The molecule has 1 saturated heterocycles. The fourth-order valence-electron chi connectivity index (χ4n) is 4.11. The normalized spacial score (nSPS) is 24.0. The zero-order valence-corrected chi connectivity index (χ0v) is 16.7. The van der Waals surface area contributed by atoms with Crippen molar-refractivity contribution in [2.45, 2.75) is 45.6 Å². The van der Waals surface area contributed by atoms with Gasteiger partial charge in [-0.05, 0) is 74.7 Å². The molecule has 1 aromatic carbocycles. The highest BCUT2D eigenvalue weighted by atomic mass is 32.1. The molecule has 5 nitrogen and oxygen atoms in total. The molecular weight excluding hydrogens is 346 g/mol. The molecule has 0 aliphatic carbocycles. The van der Waals surface area contributed by atoms with Crippen LogP contribution in [0.1, 0.15) is 51.2 Å². The van der Waals surface area contributed by atoms with Crippen LogP contribution in [-0.2, 0) is 9.59 Å². The van der Waals surface area contributed by atoms with Crippen molar-refractivity contribution in [3.8, 4) is 0 Å². The number of anilines is 1. The second-order valence-corrected chi connectivity index (χ2v) is 8.05. The summed E-state index contributed by atoms with van der Waals surface area (Å²) in [6, 6.07) is 6.16. The lowest BCUT2D eigenvalue weighted by Gasteiger charge is -2.47. The van der Waals surface area contributed by atoms with E-state index in [1.165, 1.54) is 16.2 Å². The van der Waals surface area contributed by atoms with Crippen LogP contribution in [0.4, 0.5) is 5.69 Å². The minimum atomic E-state index is -0.444. The molecule has 0 spiro atoms. The van der Waals surface area contributed by atoms with Crippen LogP contribution in [0.3, 0.4) is 0 Å². The number of rotatable bonds is 2. The van der Waals surface area contributed by atoms with E-state index in [4.69, 9.17) is 12.2 Å². The molecule has 2 aliphatic heterocycles. The van der Waals surface area contributed by atoms with Crippen molar-refractivity contribution >= 4 is 40.9 Å². The number of nitrogens with one attached hydrogen (secondary N) is 1. The van der Waals surface area contributed by atoms with E-state index >= 15 is 0 Å². The number of fused-ring (bicyclic) bond motifs is 1. The fourth-order valence-corrected chi connectivity index (χ4v) is 4.29. The lowest BCUT2D eigenvalue weighted by Crippen LogP contribution is -2.52. The van der Waals surface area contributed by atoms with E-state index in [0.29, 0.717) is 5.92 Å². The van der Waals surface area contributed by atoms with Crippen LogP contribution >= 0.6 is 12.2 Å². The number of amides is 2. The SMILES string of the molecule is CCN1c2ccc(/C=C3\C(=O)NC(=S)N(C)C3=O)cc2[C@H](C)CC1(C)C. The first-order valence-electron chi connectivity index (χ1n) is 8.92. The summed E-state index contributed by atoms with van der Waals surface area (Å²) >= 11 is 4.98. The molecule has 0 aromatic heterocycles. The fraction of sp³-hybridized carbons (Fsp3) is 0.450. The monoisotopic (exact) mass is 371 g/mol. The summed E-state index contributed by atoms with van der Waals surface area (Å²) < 4.78 is 0. The van der Waals surface area contributed by atoms with Crippen LogP contribution < -0.4 is 10.2 Å². The highest BCUT2D eigenvalue weighted by Gasteiger charge is 2.35. The van der Waals surface area contributed by atoms with Crippen molar-refractivity contribution < 1.29 is 9.59 Å². The van der Waals surface area contributed by atoms with Gasteiger partial charge in [-0.2, -0.15) is 0 Å². The highest BCUT2D eigenvalue weighted by molar-refractivity contribution is 7.80. The maximum Gasteiger partial charge on any atom is 0.265 e. The average Bonchev–Trinajstić information content (AvgIpc) is 2.57. The van der Waals surface area contributed by atoms with E-state index in [2.05, 4.69) is 50.0 Å². The van der Waals surface area contributed by atoms with Crippen LogP contribution in [0.2, 0.25) is 0 Å². The molecule has 2 heterocycles. The lowest BCUT2D eigenvalue weighted by molar-refractivity contribution is -0.128. The number of hydrogen-bond donors (Lipinski definition) is 1. The molecule has 26 heavy (non-hydrogen) atoms. The predicted molar refractivity (Wildman–Crippen MR) is 108 cm³/mol. The van der Waals surface area contributed by atoms with E-state index in [9.17, 15) is 9.59 Å². The molecule has 0 radical (unpaired) electrons. The summed E-state index contributed by atoms with van der Waals surface area (Å²) in [4.78, 5) is 28.3. The molecule has 138 valence electrons. The number of thiocarbonyl (C=S) groups is 1. The molecule has 6 heteroatoms. The highest BCUT2D eigenvalue weighted by Crippen LogP contribution is 2.43. The first-order chi connectivity index (χ1) is 12.2. The molecule has 0 saturated carbocycles. The molecule has 1 aromatic rings. The smallest absolute Gasteiger partial charge is 0.265 e. The lowest BCUT2D eigenvalue weighted by atomic mass is 9.79. The van der Waals surface area contributed by atoms with Crippen LogP contribution in [0.5, 0.6) is 0 Å². The third-order valence-electron chi connectivity index (χ3n) is 5.34. The molecule has 2 amide bonds. The Bertz CT molecular complexity index is 828. The van der Waals surface area contributed by atoms with Crippen molar-refractivity contribution in [2.75, 3.05) is 18.5 Å². The van der Waals surface area contributed by atoms with E-state index in [1.54, 1.807) is 13.1 Å². The van der Waals surface area contributed by atoms with Gasteiger partial charge in [-0.1, -0.05) is 13.0 Å². The number of benzene rings is 1. The minimum absolute atomic E-state index is 0.109. The number of carbonyl (C=O) groups is 2. The number of carbonyl (C=O) groups excluding carboxylic acids is 2. The molecule has 0 unspecified atom stereocenters. The van der Waals surface area contributed by atoms with Crippen molar-refractivity contribution in [1.29, 1.82) is 0 Å². The topological polar surface area (TPSA) is 52.7 Å². The van der Waals surface area contributed by atoms with Gasteiger partial charge in [0.2, 0.25) is 0 Å². The quantitative estimate of drug-likeness (QED) is 0.493. The van der Waals surface area contributed by atoms with Gasteiger partial charge in [0.1, 0.15) is 5.57 Å². The summed E-state index contributed by atoms with van der Waals surface area (Å²) in [5.74, 6) is -0.409. The maximum absolute atomic E-state index is 12.4. The van der Waals surface area contributed by atoms with E-state index < -0.39 is 5.91 Å². The maximum atomic E-state index is 12.4. The molecule has 0 bridgehead atoms. The molecule has 1 N–H and O–H groups in total.